The molecule has 4 aromatic rings. The molecule has 0 aliphatic carbocycles. The molecule has 0 bridgehead atoms. The van der Waals surface area contributed by atoms with Crippen molar-refractivity contribution in [1.82, 2.24) is 15.5 Å². The molecular formula is C26H17BrF6N4O2S. The maximum atomic E-state index is 13.3. The number of amides is 2. The van der Waals surface area contributed by atoms with Crippen molar-refractivity contribution in [3.05, 3.63) is 99.5 Å². The Hall–Kier alpha value is -3.78. The zero-order chi connectivity index (χ0) is 29.1. The van der Waals surface area contributed by atoms with Gasteiger partial charge in [0.2, 0.25) is 11.0 Å². The lowest BCUT2D eigenvalue weighted by molar-refractivity contribution is -0.143. The molecule has 1 heterocycles. The molecule has 2 amide bonds. The van der Waals surface area contributed by atoms with Crippen molar-refractivity contribution in [1.29, 1.82) is 0 Å². The van der Waals surface area contributed by atoms with Crippen molar-refractivity contribution in [2.45, 2.75) is 24.8 Å². The number of aromatic nitrogens is 2. The first kappa shape index (κ1) is 29.2. The van der Waals surface area contributed by atoms with E-state index >= 15 is 0 Å². The van der Waals surface area contributed by atoms with Gasteiger partial charge in [-0.25, -0.2) is 0 Å². The molecule has 0 aliphatic heterocycles. The van der Waals surface area contributed by atoms with Gasteiger partial charge in [0.05, 0.1) is 11.1 Å². The summed E-state index contributed by atoms with van der Waals surface area (Å²) in [6.07, 6.45) is -10.4. The summed E-state index contributed by atoms with van der Waals surface area (Å²) in [6, 6.07) is 14.7. The summed E-state index contributed by atoms with van der Waals surface area (Å²) >= 11 is 4.39. The number of hydrogen-bond donors (Lipinski definition) is 2. The molecule has 4 rings (SSSR count). The highest BCUT2D eigenvalue weighted by Crippen LogP contribution is 2.36. The van der Waals surface area contributed by atoms with Crippen LogP contribution in [0.15, 0.2) is 77.3 Å². The lowest BCUT2D eigenvalue weighted by atomic mass is 10.0. The van der Waals surface area contributed by atoms with Crippen molar-refractivity contribution in [2.75, 3.05) is 5.32 Å². The van der Waals surface area contributed by atoms with Gasteiger partial charge in [0, 0.05) is 22.0 Å². The van der Waals surface area contributed by atoms with Crippen molar-refractivity contribution in [3.8, 4) is 10.6 Å². The number of halogens is 7. The van der Waals surface area contributed by atoms with Crippen molar-refractivity contribution < 1.29 is 35.9 Å². The van der Waals surface area contributed by atoms with E-state index in [-0.39, 0.29) is 17.6 Å². The second-order valence-electron chi connectivity index (χ2n) is 8.42. The summed E-state index contributed by atoms with van der Waals surface area (Å²) in [4.78, 5) is 26.1. The quantitative estimate of drug-likeness (QED) is 0.213. The van der Waals surface area contributed by atoms with Crippen LogP contribution in [-0.2, 0) is 23.6 Å². The zero-order valence-electron chi connectivity index (χ0n) is 20.0. The maximum absolute atomic E-state index is 13.3. The average Bonchev–Trinajstić information content (AvgIpc) is 3.36. The number of alkyl halides is 6. The van der Waals surface area contributed by atoms with E-state index in [1.54, 1.807) is 48.5 Å². The highest BCUT2D eigenvalue weighted by molar-refractivity contribution is 9.10. The molecule has 14 heteroatoms. The van der Waals surface area contributed by atoms with Crippen molar-refractivity contribution >= 4 is 44.2 Å². The van der Waals surface area contributed by atoms with E-state index in [0.29, 0.717) is 28.3 Å². The van der Waals surface area contributed by atoms with Gasteiger partial charge in [-0.3, -0.25) is 14.9 Å². The van der Waals surface area contributed by atoms with Crippen LogP contribution in [-0.4, -0.2) is 28.1 Å². The van der Waals surface area contributed by atoms with E-state index in [1.807, 2.05) is 6.07 Å². The Balaban J connectivity index is 1.60. The average molecular weight is 643 g/mol. The Kier molecular flexibility index (Phi) is 8.59. The number of nitrogens with zero attached hydrogens (tertiary/aromatic N) is 2. The predicted octanol–water partition coefficient (Wildman–Crippen LogP) is 6.99. The molecule has 40 heavy (non-hydrogen) atoms. The molecule has 208 valence electrons. The van der Waals surface area contributed by atoms with E-state index in [0.717, 1.165) is 15.8 Å². The molecule has 0 saturated carbocycles. The summed E-state index contributed by atoms with van der Waals surface area (Å²) < 4.78 is 80.5. The van der Waals surface area contributed by atoms with Crippen LogP contribution < -0.4 is 10.6 Å². The van der Waals surface area contributed by atoms with Crippen LogP contribution in [0.5, 0.6) is 0 Å². The maximum Gasteiger partial charge on any atom is 0.416 e. The molecule has 0 aliphatic rings. The fourth-order valence-electron chi connectivity index (χ4n) is 3.59. The van der Waals surface area contributed by atoms with Crippen molar-refractivity contribution in [2.24, 2.45) is 0 Å². The Morgan fingerprint density at radius 1 is 0.850 bits per heavy atom. The molecule has 0 saturated heterocycles. The molecule has 1 aromatic heterocycles. The van der Waals surface area contributed by atoms with Gasteiger partial charge >= 0.3 is 12.4 Å². The standard InChI is InChI=1S/C26H17BrF6N4O2S/c27-19-8-4-7-15(12-19)23-36-37-24(40-23)35-22(39)20(9-14-5-2-1-3-6-14)34-21(38)16-10-17(25(28,29)30)13-18(11-16)26(31,32)33/h1-8,10-13,20H,9H2,(H,34,38)(H,35,37,39). The Morgan fingerprint density at radius 3 is 2.10 bits per heavy atom. The molecule has 3 aromatic carbocycles. The van der Waals surface area contributed by atoms with Crippen LogP contribution in [0.1, 0.15) is 27.0 Å². The van der Waals surface area contributed by atoms with Gasteiger partial charge in [-0.1, -0.05) is 69.7 Å². The fraction of sp³-hybridized carbons (Fsp3) is 0.154. The minimum atomic E-state index is -5.14. The SMILES string of the molecule is O=C(NC(Cc1ccccc1)C(=O)Nc1nnc(-c2cccc(Br)c2)s1)c1cc(C(F)(F)F)cc(C(F)(F)F)c1. The second kappa shape index (κ2) is 11.8. The number of carbonyl (C=O) groups excluding carboxylic acids is 2. The van der Waals surface area contributed by atoms with Crippen LogP contribution in [0, 0.1) is 0 Å². The molecule has 0 spiro atoms. The Morgan fingerprint density at radius 2 is 1.50 bits per heavy atom. The number of nitrogens with one attached hydrogen (secondary N) is 2. The Labute approximate surface area is 235 Å². The van der Waals surface area contributed by atoms with Crippen LogP contribution in [0.3, 0.4) is 0 Å². The monoisotopic (exact) mass is 642 g/mol. The summed E-state index contributed by atoms with van der Waals surface area (Å²) in [7, 11) is 0. The van der Waals surface area contributed by atoms with E-state index in [9.17, 15) is 35.9 Å². The van der Waals surface area contributed by atoms with Crippen molar-refractivity contribution in [3.63, 3.8) is 0 Å². The first-order valence-electron chi connectivity index (χ1n) is 11.3. The summed E-state index contributed by atoms with van der Waals surface area (Å²) in [5.74, 6) is -2.09. The van der Waals surface area contributed by atoms with Gasteiger partial charge in [0.15, 0.2) is 0 Å². The largest absolute Gasteiger partial charge is 0.416 e. The minimum absolute atomic E-state index is 0.0747. The lowest BCUT2D eigenvalue weighted by Gasteiger charge is -2.19. The number of anilines is 1. The highest BCUT2D eigenvalue weighted by Gasteiger charge is 2.38. The van der Waals surface area contributed by atoms with Gasteiger partial charge in [0.25, 0.3) is 5.91 Å². The minimum Gasteiger partial charge on any atom is -0.340 e. The zero-order valence-corrected chi connectivity index (χ0v) is 22.4. The van der Waals surface area contributed by atoms with Crippen LogP contribution in [0.4, 0.5) is 31.5 Å². The fourth-order valence-corrected chi connectivity index (χ4v) is 4.73. The number of rotatable bonds is 7. The number of hydrogen-bond acceptors (Lipinski definition) is 5. The topological polar surface area (TPSA) is 84.0 Å². The molecule has 1 atom stereocenters. The van der Waals surface area contributed by atoms with Gasteiger partial charge < -0.3 is 5.32 Å². The van der Waals surface area contributed by atoms with E-state index in [1.165, 1.54) is 0 Å². The third kappa shape index (κ3) is 7.45. The second-order valence-corrected chi connectivity index (χ2v) is 10.3. The smallest absolute Gasteiger partial charge is 0.340 e. The third-order valence-electron chi connectivity index (χ3n) is 5.48. The number of benzene rings is 3. The third-order valence-corrected chi connectivity index (χ3v) is 6.86. The molecule has 0 radical (unpaired) electrons. The summed E-state index contributed by atoms with van der Waals surface area (Å²) in [5, 5.41) is 13.3. The molecule has 2 N–H and O–H groups in total. The summed E-state index contributed by atoms with van der Waals surface area (Å²) in [5.41, 5.74) is -2.90. The van der Waals surface area contributed by atoms with Crippen LogP contribution >= 0.6 is 27.3 Å². The summed E-state index contributed by atoms with van der Waals surface area (Å²) in [6.45, 7) is 0. The first-order chi connectivity index (χ1) is 18.8. The lowest BCUT2D eigenvalue weighted by Crippen LogP contribution is -2.45. The molecular weight excluding hydrogens is 626 g/mol. The van der Waals surface area contributed by atoms with E-state index in [4.69, 9.17) is 0 Å². The predicted molar refractivity (Wildman–Crippen MR) is 140 cm³/mol. The highest BCUT2D eigenvalue weighted by atomic mass is 79.9. The molecule has 0 fully saturated rings. The molecule has 1 unspecified atom stereocenters. The Bertz CT molecular complexity index is 1490. The van der Waals surface area contributed by atoms with Gasteiger partial charge in [-0.15, -0.1) is 10.2 Å². The van der Waals surface area contributed by atoms with E-state index in [2.05, 4.69) is 36.8 Å². The number of carbonyl (C=O) groups is 2. The van der Waals surface area contributed by atoms with Gasteiger partial charge in [0.1, 0.15) is 11.0 Å². The normalized spacial score (nSPS) is 12.6. The van der Waals surface area contributed by atoms with Gasteiger partial charge in [-0.2, -0.15) is 26.3 Å². The van der Waals surface area contributed by atoms with Crippen LogP contribution in [0.2, 0.25) is 0 Å². The molecule has 6 nitrogen and oxygen atoms in total. The van der Waals surface area contributed by atoms with Gasteiger partial charge in [-0.05, 0) is 35.9 Å². The van der Waals surface area contributed by atoms with E-state index < -0.39 is 46.9 Å². The first-order valence-corrected chi connectivity index (χ1v) is 12.9. The van der Waals surface area contributed by atoms with Crippen LogP contribution in [0.25, 0.3) is 10.6 Å².